The lowest BCUT2D eigenvalue weighted by atomic mass is 9.78. The van der Waals surface area contributed by atoms with Gasteiger partial charge in [0, 0.05) is 37.6 Å². The minimum Gasteiger partial charge on any atom is -0.370 e. The zero-order valence-corrected chi connectivity index (χ0v) is 13.7. The molecule has 3 rings (SSSR count). The van der Waals surface area contributed by atoms with Gasteiger partial charge in [-0.1, -0.05) is 18.5 Å². The summed E-state index contributed by atoms with van der Waals surface area (Å²) in [7, 11) is 1.77. The molecule has 0 radical (unpaired) electrons. The summed E-state index contributed by atoms with van der Waals surface area (Å²) in [6, 6.07) is 0.445. The predicted molar refractivity (Wildman–Crippen MR) is 83.4 cm³/mol. The van der Waals surface area contributed by atoms with Gasteiger partial charge in [0.05, 0.1) is 0 Å². The van der Waals surface area contributed by atoms with Crippen LogP contribution < -0.4 is 5.32 Å². The van der Waals surface area contributed by atoms with Crippen LogP contribution in [-0.4, -0.2) is 41.3 Å². The van der Waals surface area contributed by atoms with Crippen LogP contribution in [0.1, 0.15) is 44.3 Å². The highest BCUT2D eigenvalue weighted by molar-refractivity contribution is 7.99. The van der Waals surface area contributed by atoms with Crippen LogP contribution in [0.15, 0.2) is 4.52 Å². The molecular formula is C15H25N3O2S. The van der Waals surface area contributed by atoms with Crippen molar-refractivity contribution < 1.29 is 9.26 Å². The summed E-state index contributed by atoms with van der Waals surface area (Å²) in [5, 5.41) is 7.74. The molecule has 1 saturated carbocycles. The van der Waals surface area contributed by atoms with E-state index in [9.17, 15) is 0 Å². The quantitative estimate of drug-likeness (QED) is 0.921. The van der Waals surface area contributed by atoms with Gasteiger partial charge < -0.3 is 14.6 Å². The van der Waals surface area contributed by atoms with Crippen molar-refractivity contribution in [3.63, 3.8) is 0 Å². The summed E-state index contributed by atoms with van der Waals surface area (Å²) >= 11 is 1.98. The summed E-state index contributed by atoms with van der Waals surface area (Å²) in [5.74, 6) is 4.44. The van der Waals surface area contributed by atoms with Gasteiger partial charge in [-0.05, 0) is 25.2 Å². The zero-order valence-electron chi connectivity index (χ0n) is 12.9. The molecule has 1 saturated heterocycles. The molecule has 5 nitrogen and oxygen atoms in total. The van der Waals surface area contributed by atoms with E-state index in [1.54, 1.807) is 7.11 Å². The molecule has 118 valence electrons. The maximum Gasteiger partial charge on any atom is 0.228 e. The first kappa shape index (κ1) is 15.3. The van der Waals surface area contributed by atoms with E-state index in [2.05, 4.69) is 22.4 Å². The molecule has 1 N–H and O–H groups in total. The molecule has 3 atom stereocenters. The maximum atomic E-state index is 5.83. The Hall–Kier alpha value is -0.590. The largest absolute Gasteiger partial charge is 0.370 e. The van der Waals surface area contributed by atoms with Gasteiger partial charge in [0.25, 0.3) is 0 Å². The first-order valence-corrected chi connectivity index (χ1v) is 9.07. The second-order valence-corrected chi connectivity index (χ2v) is 7.49. The van der Waals surface area contributed by atoms with Crippen molar-refractivity contribution in [2.75, 3.05) is 25.2 Å². The van der Waals surface area contributed by atoms with Crippen molar-refractivity contribution in [3.8, 4) is 0 Å². The normalized spacial score (nSPS) is 34.0. The molecule has 0 aromatic carbocycles. The Morgan fingerprint density at radius 1 is 1.52 bits per heavy atom. The van der Waals surface area contributed by atoms with Crippen molar-refractivity contribution in [2.45, 2.75) is 50.7 Å². The molecule has 2 aliphatic rings. The molecule has 21 heavy (non-hydrogen) atoms. The SMILES string of the molecule is COC1(c2noc(CC3CSCCN3)n2)CCCC(C)C1. The van der Waals surface area contributed by atoms with E-state index in [1.807, 2.05) is 11.8 Å². The molecule has 3 unspecified atom stereocenters. The van der Waals surface area contributed by atoms with Gasteiger partial charge >= 0.3 is 0 Å². The number of hydrogen-bond donors (Lipinski definition) is 1. The van der Waals surface area contributed by atoms with Gasteiger partial charge in [-0.2, -0.15) is 16.7 Å². The topological polar surface area (TPSA) is 60.2 Å². The zero-order chi connectivity index (χ0) is 14.7. The molecule has 0 bridgehead atoms. The third-order valence-electron chi connectivity index (χ3n) is 4.64. The first-order valence-electron chi connectivity index (χ1n) is 7.91. The molecule has 1 aromatic heterocycles. The van der Waals surface area contributed by atoms with Crippen LogP contribution in [0, 0.1) is 5.92 Å². The number of nitrogens with one attached hydrogen (secondary N) is 1. The highest BCUT2D eigenvalue weighted by atomic mass is 32.2. The number of nitrogens with zero attached hydrogens (tertiary/aromatic N) is 2. The van der Waals surface area contributed by atoms with E-state index in [1.165, 1.54) is 18.6 Å². The fourth-order valence-electron chi connectivity index (χ4n) is 3.47. The highest BCUT2D eigenvalue weighted by Crippen LogP contribution is 2.41. The van der Waals surface area contributed by atoms with Crippen LogP contribution in [0.5, 0.6) is 0 Å². The Kier molecular flexibility index (Phi) is 4.86. The molecule has 2 heterocycles. The van der Waals surface area contributed by atoms with Crippen molar-refractivity contribution in [1.82, 2.24) is 15.5 Å². The predicted octanol–water partition coefficient (Wildman–Crippen LogP) is 2.37. The summed E-state index contributed by atoms with van der Waals surface area (Å²) < 4.78 is 11.3. The van der Waals surface area contributed by atoms with Gasteiger partial charge in [0.1, 0.15) is 5.60 Å². The van der Waals surface area contributed by atoms with Crippen molar-refractivity contribution in [3.05, 3.63) is 11.7 Å². The van der Waals surface area contributed by atoms with Gasteiger partial charge in [0.15, 0.2) is 0 Å². The third-order valence-corrected chi connectivity index (χ3v) is 5.77. The van der Waals surface area contributed by atoms with E-state index >= 15 is 0 Å². The average molecular weight is 311 g/mol. The average Bonchev–Trinajstić information content (AvgIpc) is 2.97. The van der Waals surface area contributed by atoms with Gasteiger partial charge in [-0.3, -0.25) is 0 Å². The number of aromatic nitrogens is 2. The molecule has 0 spiro atoms. The Morgan fingerprint density at radius 3 is 3.14 bits per heavy atom. The summed E-state index contributed by atoms with van der Waals surface area (Å²) in [5.41, 5.74) is -0.339. The molecule has 6 heteroatoms. The summed E-state index contributed by atoms with van der Waals surface area (Å²) in [6.07, 6.45) is 5.22. The fraction of sp³-hybridized carbons (Fsp3) is 0.867. The van der Waals surface area contributed by atoms with E-state index in [0.29, 0.717) is 12.0 Å². The first-order chi connectivity index (χ1) is 10.2. The van der Waals surface area contributed by atoms with Gasteiger partial charge in [-0.15, -0.1) is 0 Å². The Bertz CT molecular complexity index is 462. The van der Waals surface area contributed by atoms with Crippen molar-refractivity contribution in [2.24, 2.45) is 5.92 Å². The van der Waals surface area contributed by atoms with Crippen molar-refractivity contribution >= 4 is 11.8 Å². The molecule has 2 fully saturated rings. The molecular weight excluding hydrogens is 286 g/mol. The second-order valence-electron chi connectivity index (χ2n) is 6.34. The van der Waals surface area contributed by atoms with Crippen LogP contribution in [0.4, 0.5) is 0 Å². The highest BCUT2D eigenvalue weighted by Gasteiger charge is 2.41. The van der Waals surface area contributed by atoms with Crippen LogP contribution in [0.25, 0.3) is 0 Å². The number of methoxy groups -OCH3 is 1. The molecule has 1 aliphatic carbocycles. The molecule has 0 amide bonds. The molecule has 1 aliphatic heterocycles. The van der Waals surface area contributed by atoms with Crippen molar-refractivity contribution in [1.29, 1.82) is 0 Å². The minimum atomic E-state index is -0.339. The summed E-state index contributed by atoms with van der Waals surface area (Å²) in [6.45, 7) is 3.34. The van der Waals surface area contributed by atoms with E-state index in [4.69, 9.17) is 9.26 Å². The molecule has 1 aromatic rings. The number of hydrogen-bond acceptors (Lipinski definition) is 6. The number of thioether (sulfide) groups is 1. The van der Waals surface area contributed by atoms with Crippen LogP contribution >= 0.6 is 11.8 Å². The Labute approximate surface area is 130 Å². The lowest BCUT2D eigenvalue weighted by Crippen LogP contribution is -2.39. The maximum absolute atomic E-state index is 5.83. The smallest absolute Gasteiger partial charge is 0.228 e. The standard InChI is InChI=1S/C15H25N3O2S/c1-11-4-3-5-15(9-11,19-2)14-17-13(20-18-14)8-12-10-21-7-6-16-12/h11-12,16H,3-10H2,1-2H3. The Morgan fingerprint density at radius 2 is 2.43 bits per heavy atom. The van der Waals surface area contributed by atoms with Gasteiger partial charge in [-0.25, -0.2) is 0 Å². The lowest BCUT2D eigenvalue weighted by Gasteiger charge is -2.36. The Balaban J connectivity index is 1.70. The number of rotatable bonds is 4. The van der Waals surface area contributed by atoms with Crippen LogP contribution in [0.2, 0.25) is 0 Å². The van der Waals surface area contributed by atoms with E-state index < -0.39 is 0 Å². The minimum absolute atomic E-state index is 0.339. The summed E-state index contributed by atoms with van der Waals surface area (Å²) in [4.78, 5) is 4.65. The fourth-order valence-corrected chi connectivity index (χ4v) is 4.42. The van der Waals surface area contributed by atoms with Gasteiger partial charge in [0.2, 0.25) is 11.7 Å². The van der Waals surface area contributed by atoms with E-state index in [-0.39, 0.29) is 5.60 Å². The van der Waals surface area contributed by atoms with Crippen LogP contribution in [0.3, 0.4) is 0 Å². The third kappa shape index (κ3) is 3.43. The van der Waals surface area contributed by atoms with E-state index in [0.717, 1.165) is 43.3 Å². The van der Waals surface area contributed by atoms with Crippen LogP contribution in [-0.2, 0) is 16.8 Å². The number of ether oxygens (including phenoxy) is 1. The lowest BCUT2D eigenvalue weighted by molar-refractivity contribution is -0.0658. The second kappa shape index (κ2) is 6.67. The monoisotopic (exact) mass is 311 g/mol.